The second-order valence-electron chi connectivity index (χ2n) is 12.7. The van der Waals surface area contributed by atoms with Gasteiger partial charge < -0.3 is 14.6 Å². The zero-order valence-corrected chi connectivity index (χ0v) is 25.0. The van der Waals surface area contributed by atoms with Gasteiger partial charge in [-0.2, -0.15) is 0 Å². The Bertz CT molecular complexity index is 1130. The van der Waals surface area contributed by atoms with Gasteiger partial charge in [-0.3, -0.25) is 0 Å². The number of allylic oxidation sites excluding steroid dienone is 1. The Morgan fingerprint density at radius 1 is 1.00 bits per heavy atom. The summed E-state index contributed by atoms with van der Waals surface area (Å²) in [6.07, 6.45) is 6.83. The number of fused-ring (bicyclic) bond motifs is 1. The molecular formula is C34H46O3Si. The summed E-state index contributed by atoms with van der Waals surface area (Å²) in [7, 11) is -1.58. The van der Waals surface area contributed by atoms with Gasteiger partial charge in [-0.1, -0.05) is 105 Å². The topological polar surface area (TPSA) is 38.7 Å². The van der Waals surface area contributed by atoms with E-state index in [-0.39, 0.29) is 16.9 Å². The molecule has 2 aromatic carbocycles. The van der Waals surface area contributed by atoms with E-state index < -0.39 is 14.2 Å². The third-order valence-electron chi connectivity index (χ3n) is 8.93. The molecular weight excluding hydrogens is 484 g/mol. The summed E-state index contributed by atoms with van der Waals surface area (Å²) in [5.74, 6) is 3.73. The average molecular weight is 531 g/mol. The summed E-state index contributed by atoms with van der Waals surface area (Å²) >= 11 is 0. The van der Waals surface area contributed by atoms with Gasteiger partial charge in [0.15, 0.2) is 0 Å². The second-order valence-corrected chi connectivity index (χ2v) is 17.5. The highest BCUT2D eigenvalue weighted by molar-refractivity contribution is 6.83. The van der Waals surface area contributed by atoms with Crippen molar-refractivity contribution >= 4 is 8.07 Å². The van der Waals surface area contributed by atoms with Crippen molar-refractivity contribution in [3.63, 3.8) is 0 Å². The summed E-state index contributed by atoms with van der Waals surface area (Å²) in [5.41, 5.74) is 6.92. The Labute approximate surface area is 231 Å². The van der Waals surface area contributed by atoms with Crippen molar-refractivity contribution in [2.75, 3.05) is 6.61 Å². The molecule has 0 radical (unpaired) electrons. The molecule has 38 heavy (non-hydrogen) atoms. The highest BCUT2D eigenvalue weighted by Crippen LogP contribution is 2.62. The fraction of sp³-hybridized carbons (Fsp3) is 0.529. The van der Waals surface area contributed by atoms with Crippen molar-refractivity contribution in [3.05, 3.63) is 83.4 Å². The number of aliphatic hydroxyl groups is 1. The minimum absolute atomic E-state index is 0.0109. The van der Waals surface area contributed by atoms with Crippen molar-refractivity contribution < 1.29 is 14.6 Å². The van der Waals surface area contributed by atoms with Crippen LogP contribution in [-0.4, -0.2) is 32.0 Å². The van der Waals surface area contributed by atoms with Gasteiger partial charge in [0.2, 0.25) is 0 Å². The van der Waals surface area contributed by atoms with Crippen LogP contribution in [-0.2, 0) is 22.7 Å². The van der Waals surface area contributed by atoms with Crippen LogP contribution in [0.3, 0.4) is 0 Å². The molecule has 0 aliphatic heterocycles. The van der Waals surface area contributed by atoms with Crippen LogP contribution in [0.2, 0.25) is 19.6 Å². The van der Waals surface area contributed by atoms with Crippen molar-refractivity contribution in [3.8, 4) is 11.5 Å². The number of rotatable bonds is 9. The molecule has 0 amide bonds. The Morgan fingerprint density at radius 2 is 1.63 bits per heavy atom. The third kappa shape index (κ3) is 6.88. The number of aliphatic hydroxyl groups excluding tert-OH is 1. The van der Waals surface area contributed by atoms with E-state index in [9.17, 15) is 5.11 Å². The van der Waals surface area contributed by atoms with Crippen LogP contribution in [0.25, 0.3) is 0 Å². The standard InChI is InChI=1S/C34H46O3Si/c1-27-16-17-30-22-32(37-25-29-14-10-7-11-15-29)18-20-33(30,2)34(27,23-31(35)19-21-38(3,4)5)26-36-24-28-12-8-6-9-13-28/h6-16,30-32,35H,17-18,20,22-26H2,1-5H3/t30-,31?,32-,33-,34-/m0/s1. The highest BCUT2D eigenvalue weighted by Gasteiger charge is 2.57. The minimum Gasteiger partial charge on any atom is -0.380 e. The molecule has 204 valence electrons. The lowest BCUT2D eigenvalue weighted by molar-refractivity contribution is -0.125. The van der Waals surface area contributed by atoms with Gasteiger partial charge in [0, 0.05) is 5.41 Å². The SMILES string of the molecule is CC1=CC[C@H]2C[C@@H](OCc3ccccc3)CC[C@]2(C)[C@]1(COCc1ccccc1)CC(O)C#C[Si](C)(C)C. The van der Waals surface area contributed by atoms with Crippen LogP contribution in [0.5, 0.6) is 0 Å². The molecule has 1 fully saturated rings. The molecule has 0 aromatic heterocycles. The van der Waals surface area contributed by atoms with Gasteiger partial charge >= 0.3 is 0 Å². The van der Waals surface area contributed by atoms with Gasteiger partial charge in [-0.05, 0) is 61.5 Å². The summed E-state index contributed by atoms with van der Waals surface area (Å²) in [6.45, 7) is 13.2. The molecule has 0 spiro atoms. The highest BCUT2D eigenvalue weighted by atomic mass is 28.3. The quantitative estimate of drug-likeness (QED) is 0.206. The summed E-state index contributed by atoms with van der Waals surface area (Å²) in [5, 5.41) is 11.3. The first-order valence-corrected chi connectivity index (χ1v) is 17.8. The van der Waals surface area contributed by atoms with Crippen molar-refractivity contribution in [2.45, 2.75) is 91.0 Å². The summed E-state index contributed by atoms with van der Waals surface area (Å²) in [6, 6.07) is 20.9. The maximum absolute atomic E-state index is 11.3. The molecule has 1 unspecified atom stereocenters. The van der Waals surface area contributed by atoms with Gasteiger partial charge in [0.1, 0.15) is 14.2 Å². The van der Waals surface area contributed by atoms with Gasteiger partial charge in [0.05, 0.1) is 25.9 Å². The number of ether oxygens (including phenoxy) is 2. The third-order valence-corrected chi connectivity index (χ3v) is 9.83. The Hall–Kier alpha value is -2.16. The van der Waals surface area contributed by atoms with Crippen LogP contribution in [0, 0.1) is 28.2 Å². The Kier molecular flexibility index (Phi) is 9.37. The Morgan fingerprint density at radius 3 is 2.26 bits per heavy atom. The molecule has 3 nitrogen and oxygen atoms in total. The molecule has 2 aliphatic rings. The smallest absolute Gasteiger partial charge is 0.129 e. The largest absolute Gasteiger partial charge is 0.380 e. The first kappa shape index (κ1) is 28.8. The van der Waals surface area contributed by atoms with E-state index in [1.165, 1.54) is 16.7 Å². The van der Waals surface area contributed by atoms with Crippen molar-refractivity contribution in [2.24, 2.45) is 16.7 Å². The molecule has 0 saturated heterocycles. The monoisotopic (exact) mass is 530 g/mol. The van der Waals surface area contributed by atoms with Gasteiger partial charge in [0.25, 0.3) is 0 Å². The normalized spacial score (nSPS) is 28.0. The van der Waals surface area contributed by atoms with Gasteiger partial charge in [-0.15, -0.1) is 5.54 Å². The van der Waals surface area contributed by atoms with Crippen LogP contribution in [0.1, 0.15) is 57.1 Å². The Balaban J connectivity index is 1.55. The van der Waals surface area contributed by atoms with E-state index >= 15 is 0 Å². The molecule has 2 aromatic rings. The number of hydrogen-bond acceptors (Lipinski definition) is 3. The maximum atomic E-state index is 11.3. The summed E-state index contributed by atoms with van der Waals surface area (Å²) < 4.78 is 12.9. The average Bonchev–Trinajstić information content (AvgIpc) is 2.90. The molecule has 4 heteroatoms. The van der Waals surface area contributed by atoms with E-state index in [1.807, 2.05) is 12.1 Å². The van der Waals surface area contributed by atoms with Crippen LogP contribution in [0.15, 0.2) is 72.3 Å². The lowest BCUT2D eigenvalue weighted by atomic mass is 9.46. The lowest BCUT2D eigenvalue weighted by Crippen LogP contribution is -2.55. The first-order chi connectivity index (χ1) is 18.1. The van der Waals surface area contributed by atoms with Gasteiger partial charge in [-0.25, -0.2) is 0 Å². The second kappa shape index (κ2) is 12.3. The molecule has 1 saturated carbocycles. The molecule has 1 N–H and O–H groups in total. The molecule has 5 atom stereocenters. The predicted molar refractivity (Wildman–Crippen MR) is 159 cm³/mol. The van der Waals surface area contributed by atoms with E-state index in [4.69, 9.17) is 9.47 Å². The molecule has 0 bridgehead atoms. The van der Waals surface area contributed by atoms with E-state index in [1.54, 1.807) is 0 Å². The zero-order chi connectivity index (χ0) is 27.2. The number of hydrogen-bond donors (Lipinski definition) is 1. The van der Waals surface area contributed by atoms with Crippen molar-refractivity contribution in [1.82, 2.24) is 0 Å². The maximum Gasteiger partial charge on any atom is 0.129 e. The molecule has 4 rings (SSSR count). The first-order valence-electron chi connectivity index (χ1n) is 14.3. The van der Waals surface area contributed by atoms with Crippen LogP contribution < -0.4 is 0 Å². The fourth-order valence-electron chi connectivity index (χ4n) is 6.58. The van der Waals surface area contributed by atoms with E-state index in [0.29, 0.717) is 32.2 Å². The predicted octanol–water partition coefficient (Wildman–Crippen LogP) is 7.56. The van der Waals surface area contributed by atoms with Crippen LogP contribution in [0.4, 0.5) is 0 Å². The number of benzene rings is 2. The lowest BCUT2D eigenvalue weighted by Gasteiger charge is -2.59. The summed E-state index contributed by atoms with van der Waals surface area (Å²) in [4.78, 5) is 0. The van der Waals surface area contributed by atoms with E-state index in [2.05, 4.69) is 99.6 Å². The fourth-order valence-corrected chi connectivity index (χ4v) is 7.18. The minimum atomic E-state index is -1.58. The zero-order valence-electron chi connectivity index (χ0n) is 24.0. The van der Waals surface area contributed by atoms with E-state index in [0.717, 1.165) is 25.7 Å². The van der Waals surface area contributed by atoms with Crippen molar-refractivity contribution in [1.29, 1.82) is 0 Å². The molecule has 2 aliphatic carbocycles. The molecule has 0 heterocycles. The van der Waals surface area contributed by atoms with Crippen LogP contribution >= 0.6 is 0 Å².